The van der Waals surface area contributed by atoms with Gasteiger partial charge in [-0.15, -0.1) is 0 Å². The minimum atomic E-state index is -4.12. The second-order valence-electron chi connectivity index (χ2n) is 15.6. The fourth-order valence-corrected chi connectivity index (χ4v) is 9.17. The van der Waals surface area contributed by atoms with Crippen molar-refractivity contribution in [3.05, 3.63) is 132 Å². The molecule has 12 heteroatoms. The molecule has 0 radical (unpaired) electrons. The predicted octanol–water partition coefficient (Wildman–Crippen LogP) is 6.30. The van der Waals surface area contributed by atoms with Crippen molar-refractivity contribution in [3.8, 4) is 0 Å². The summed E-state index contributed by atoms with van der Waals surface area (Å²) in [5.41, 5.74) is 3.41. The molecular weight excluding hydrogens is 729 g/mol. The lowest BCUT2D eigenvalue weighted by Crippen LogP contribution is -2.52. The van der Waals surface area contributed by atoms with Crippen LogP contribution in [0.4, 0.5) is 10.5 Å². The molecule has 6 rings (SSSR count). The maximum Gasteiger partial charge on any atom is 0.407 e. The largest absolute Gasteiger partial charge is 0.443 e. The average Bonchev–Trinajstić information content (AvgIpc) is 3.83. The zero-order valence-corrected chi connectivity index (χ0v) is 33.4. The summed E-state index contributed by atoms with van der Waals surface area (Å²) >= 11 is 0. The quantitative estimate of drug-likeness (QED) is 0.100. The van der Waals surface area contributed by atoms with Crippen LogP contribution in [0.1, 0.15) is 43.4 Å². The number of aliphatic hydroxyl groups is 1. The Morgan fingerprint density at radius 2 is 1.52 bits per heavy atom. The van der Waals surface area contributed by atoms with Crippen molar-refractivity contribution < 1.29 is 32.5 Å². The normalized spacial score (nSPS) is 19.4. The number of sulfonamides is 1. The van der Waals surface area contributed by atoms with Gasteiger partial charge in [-0.05, 0) is 66.1 Å². The number of aliphatic hydroxyl groups excluding tert-OH is 1. The number of hydrogen-bond donors (Lipinski definition) is 3. The van der Waals surface area contributed by atoms with E-state index in [1.54, 1.807) is 31.3 Å². The number of rotatable bonds is 19. The zero-order valence-electron chi connectivity index (χ0n) is 32.6. The van der Waals surface area contributed by atoms with Gasteiger partial charge in [0.05, 0.1) is 36.2 Å². The second-order valence-corrected chi connectivity index (χ2v) is 17.6. The lowest BCUT2D eigenvalue weighted by atomic mass is 9.88. The first-order valence-corrected chi connectivity index (χ1v) is 20.9. The number of nitrogens with one attached hydrogen (secondary N) is 2. The highest BCUT2D eigenvalue weighted by molar-refractivity contribution is 7.89. The molecule has 0 aliphatic carbocycles. The summed E-state index contributed by atoms with van der Waals surface area (Å²) < 4.78 is 47.7. The molecule has 5 unspecified atom stereocenters. The fourth-order valence-electron chi connectivity index (χ4n) is 7.48. The molecule has 2 fully saturated rings. The number of amides is 1. The summed E-state index contributed by atoms with van der Waals surface area (Å²) in [5.74, 6) is -0.0502. The molecule has 11 nitrogen and oxygen atoms in total. The number of nitrogens with zero attached hydrogens (tertiary/aromatic N) is 2. The second kappa shape index (κ2) is 19.2. The van der Waals surface area contributed by atoms with Crippen LogP contribution in [-0.2, 0) is 43.7 Å². The molecule has 2 aliphatic rings. The number of carbonyl (C=O) groups excluding carboxylic acids is 1. The Kier molecular flexibility index (Phi) is 14.2. The Balaban J connectivity index is 1.22. The van der Waals surface area contributed by atoms with E-state index in [9.17, 15) is 18.3 Å². The van der Waals surface area contributed by atoms with Gasteiger partial charge in [0.15, 0.2) is 6.29 Å². The summed E-state index contributed by atoms with van der Waals surface area (Å²) in [7, 11) is -2.38. The molecule has 4 aromatic rings. The molecule has 56 heavy (non-hydrogen) atoms. The third-order valence-corrected chi connectivity index (χ3v) is 12.5. The standard InChI is InChI=1S/C44H56N4O7S/c1-44(2,23-24-47(28-34-16-9-5-10-17-34)29-35-18-11-6-12-19-35)32-48(56(51,52)37-21-13-20-36(27-37)45-3)30-40(49)39(26-33-14-7-4-8-15-33)46-43(50)55-41-31-54-42-38(41)22-25-53-42/h4-21,27,38-42,45,49H,22-26,28-32H2,1-3H3,(H,46,50). The number of ether oxygens (including phenoxy) is 3. The summed E-state index contributed by atoms with van der Waals surface area (Å²) in [6.45, 7) is 6.98. The first-order chi connectivity index (χ1) is 27.0. The van der Waals surface area contributed by atoms with Gasteiger partial charge in [-0.1, -0.05) is 111 Å². The van der Waals surface area contributed by atoms with Crippen LogP contribution in [0.15, 0.2) is 120 Å². The van der Waals surface area contributed by atoms with Crippen molar-refractivity contribution in [1.82, 2.24) is 14.5 Å². The summed E-state index contributed by atoms with van der Waals surface area (Å²) in [6.07, 6.45) is -1.17. The van der Waals surface area contributed by atoms with Crippen molar-refractivity contribution in [2.45, 2.75) is 75.6 Å². The van der Waals surface area contributed by atoms with E-state index < -0.39 is 39.8 Å². The Hall–Kier alpha value is -4.30. The maximum atomic E-state index is 14.6. The first kappa shape index (κ1) is 41.3. The fraction of sp³-hybridized carbons (Fsp3) is 0.432. The molecule has 0 saturated carbocycles. The highest BCUT2D eigenvalue weighted by Crippen LogP contribution is 2.33. The maximum absolute atomic E-state index is 14.6. The minimum Gasteiger partial charge on any atom is -0.443 e. The Morgan fingerprint density at radius 1 is 0.893 bits per heavy atom. The van der Waals surface area contributed by atoms with Crippen molar-refractivity contribution >= 4 is 21.8 Å². The lowest BCUT2D eigenvalue weighted by Gasteiger charge is -2.36. The van der Waals surface area contributed by atoms with Crippen LogP contribution in [0.2, 0.25) is 0 Å². The van der Waals surface area contributed by atoms with Gasteiger partial charge in [-0.25, -0.2) is 13.2 Å². The number of anilines is 1. The summed E-state index contributed by atoms with van der Waals surface area (Å²) in [5, 5.41) is 17.9. The Labute approximate surface area is 332 Å². The van der Waals surface area contributed by atoms with Crippen LogP contribution in [0.25, 0.3) is 0 Å². The molecule has 5 atom stereocenters. The number of alkyl carbamates (subject to hydrolysis) is 1. The topological polar surface area (TPSA) is 130 Å². The van der Waals surface area contributed by atoms with Crippen LogP contribution in [-0.4, -0.2) is 93.3 Å². The molecule has 2 saturated heterocycles. The van der Waals surface area contributed by atoms with Crippen LogP contribution < -0.4 is 10.6 Å². The molecule has 1 amide bonds. The zero-order chi connectivity index (χ0) is 39.5. The minimum absolute atomic E-state index is 0.0502. The lowest BCUT2D eigenvalue weighted by molar-refractivity contribution is -0.0907. The van der Waals surface area contributed by atoms with Gasteiger partial charge >= 0.3 is 6.09 Å². The van der Waals surface area contributed by atoms with Gasteiger partial charge in [-0.3, -0.25) is 4.90 Å². The predicted molar refractivity (Wildman–Crippen MR) is 217 cm³/mol. The van der Waals surface area contributed by atoms with Gasteiger partial charge < -0.3 is 30.0 Å². The van der Waals surface area contributed by atoms with E-state index in [1.807, 2.05) is 66.7 Å². The van der Waals surface area contributed by atoms with Crippen molar-refractivity contribution in [3.63, 3.8) is 0 Å². The van der Waals surface area contributed by atoms with Gasteiger partial charge in [0.25, 0.3) is 0 Å². The van der Waals surface area contributed by atoms with Crippen LogP contribution in [0.5, 0.6) is 0 Å². The third-order valence-electron chi connectivity index (χ3n) is 10.7. The van der Waals surface area contributed by atoms with Gasteiger partial charge in [0, 0.05) is 38.9 Å². The van der Waals surface area contributed by atoms with Crippen LogP contribution in [0, 0.1) is 11.3 Å². The molecule has 0 bridgehead atoms. The SMILES string of the molecule is CNc1cccc(S(=O)(=O)N(CC(O)C(Cc2ccccc2)NC(=O)OC2COC3OCCC23)CC(C)(C)CCN(Cc2ccccc2)Cc2ccccc2)c1. The first-order valence-electron chi connectivity index (χ1n) is 19.5. The average molecular weight is 785 g/mol. The van der Waals surface area contributed by atoms with Gasteiger partial charge in [0.1, 0.15) is 6.10 Å². The van der Waals surface area contributed by atoms with Gasteiger partial charge in [-0.2, -0.15) is 4.31 Å². The van der Waals surface area contributed by atoms with Crippen molar-refractivity contribution in [1.29, 1.82) is 0 Å². The monoisotopic (exact) mass is 784 g/mol. The molecular formula is C44H56N4O7S. The number of fused-ring (bicyclic) bond motifs is 1. The van der Waals surface area contributed by atoms with Crippen LogP contribution in [0.3, 0.4) is 0 Å². The van der Waals surface area contributed by atoms with Crippen molar-refractivity contribution in [2.24, 2.45) is 11.3 Å². The molecule has 4 aromatic carbocycles. The number of hydrogen-bond acceptors (Lipinski definition) is 9. The van der Waals surface area contributed by atoms with Crippen LogP contribution >= 0.6 is 0 Å². The Morgan fingerprint density at radius 3 is 2.14 bits per heavy atom. The van der Waals surface area contributed by atoms with Crippen molar-refractivity contribution in [2.75, 3.05) is 45.2 Å². The number of benzene rings is 4. The van der Waals surface area contributed by atoms with E-state index in [4.69, 9.17) is 14.2 Å². The Bertz CT molecular complexity index is 1890. The molecule has 3 N–H and O–H groups in total. The van der Waals surface area contributed by atoms with E-state index in [2.05, 4.69) is 53.6 Å². The third kappa shape index (κ3) is 11.4. The van der Waals surface area contributed by atoms with Gasteiger partial charge in [0.2, 0.25) is 10.0 Å². The van der Waals surface area contributed by atoms with E-state index in [-0.39, 0.29) is 43.2 Å². The molecule has 0 aromatic heterocycles. The smallest absolute Gasteiger partial charge is 0.407 e. The summed E-state index contributed by atoms with van der Waals surface area (Å²) in [4.78, 5) is 15.9. The molecule has 0 spiro atoms. The van der Waals surface area contributed by atoms with E-state index in [0.29, 0.717) is 25.3 Å². The van der Waals surface area contributed by atoms with E-state index in [0.717, 1.165) is 25.1 Å². The number of carbonyl (C=O) groups is 1. The molecule has 2 aliphatic heterocycles. The highest BCUT2D eigenvalue weighted by Gasteiger charge is 2.44. The van der Waals surface area contributed by atoms with E-state index in [1.165, 1.54) is 15.4 Å². The molecule has 2 heterocycles. The highest BCUT2D eigenvalue weighted by atomic mass is 32.2. The summed E-state index contributed by atoms with van der Waals surface area (Å²) in [6, 6.07) is 36.0. The van der Waals surface area contributed by atoms with E-state index >= 15 is 0 Å². The molecule has 300 valence electrons.